The van der Waals surface area contributed by atoms with Crippen LogP contribution < -0.4 is 0 Å². The zero-order chi connectivity index (χ0) is 32.4. The molecule has 0 spiro atoms. The van der Waals surface area contributed by atoms with Crippen LogP contribution in [0.5, 0.6) is 0 Å². The third kappa shape index (κ3) is 3.82. The summed E-state index contributed by atoms with van der Waals surface area (Å²) in [5, 5.41) is 5.09. The van der Waals surface area contributed by atoms with Gasteiger partial charge < -0.3 is 9.13 Å². The number of nitrogens with zero attached hydrogens (tertiary/aromatic N) is 2. The largest absolute Gasteiger partial charge is 0.309 e. The van der Waals surface area contributed by atoms with Gasteiger partial charge in [-0.2, -0.15) is 0 Å². The molecule has 49 heavy (non-hydrogen) atoms. The first-order valence-corrected chi connectivity index (χ1v) is 18.5. The second-order valence-corrected chi connectivity index (χ2v) is 15.9. The number of fused-ring (bicyclic) bond motifs is 11. The Bertz CT molecular complexity index is 2820. The van der Waals surface area contributed by atoms with Crippen LogP contribution in [0.25, 0.3) is 66.1 Å². The zero-order valence-electron chi connectivity index (χ0n) is 27.1. The predicted molar refractivity (Wildman–Crippen MR) is 207 cm³/mol. The topological polar surface area (TPSA) is 9.86 Å². The lowest BCUT2D eigenvalue weighted by Gasteiger charge is -2.24. The van der Waals surface area contributed by atoms with Gasteiger partial charge in [-0.25, -0.2) is 0 Å². The van der Waals surface area contributed by atoms with Crippen LogP contribution in [0.15, 0.2) is 165 Å². The third-order valence-electron chi connectivity index (χ3n) is 10.8. The number of hydrogen-bond donors (Lipinski definition) is 0. The molecular weight excluding hydrogens is 633 g/mol. The molecule has 11 rings (SSSR count). The van der Waals surface area contributed by atoms with Crippen LogP contribution in [0.4, 0.5) is 0 Å². The van der Waals surface area contributed by atoms with Gasteiger partial charge in [0.25, 0.3) is 0 Å². The molecule has 1 aliphatic heterocycles. The molecule has 0 saturated heterocycles. The van der Waals surface area contributed by atoms with Crippen LogP contribution in [-0.2, 0) is 5.41 Å². The number of hydrogen-bond acceptors (Lipinski definition) is 2. The fraction of sp³-hybridized carbons (Fsp3) is 0.0667. The Balaban J connectivity index is 1.11. The zero-order valence-corrected chi connectivity index (χ0v) is 28.7. The van der Waals surface area contributed by atoms with Crippen LogP contribution in [0.2, 0.25) is 0 Å². The first kappa shape index (κ1) is 27.8. The second-order valence-electron chi connectivity index (χ2n) is 13.8. The van der Waals surface area contributed by atoms with Gasteiger partial charge in [-0.05, 0) is 95.1 Å². The summed E-state index contributed by atoms with van der Waals surface area (Å²) in [7, 11) is 0. The average Bonchev–Trinajstić information content (AvgIpc) is 3.72. The first-order chi connectivity index (χ1) is 24.0. The molecule has 4 heteroatoms. The number of aromatic nitrogens is 2. The molecule has 0 atom stereocenters. The number of rotatable bonds is 2. The van der Waals surface area contributed by atoms with Crippen LogP contribution >= 0.6 is 23.5 Å². The first-order valence-electron chi connectivity index (χ1n) is 16.8. The summed E-state index contributed by atoms with van der Waals surface area (Å²) in [5.74, 6) is 0. The SMILES string of the molecule is CC1(C)c2ccc(-n3c4ccccc4c4cc(-n5c6ccccc6c6ccccc65)ccc43)cc2-c2cc3c(cc21)Sc1ccccc1S3. The molecule has 232 valence electrons. The lowest BCUT2D eigenvalue weighted by molar-refractivity contribution is 0.657. The van der Waals surface area contributed by atoms with E-state index < -0.39 is 0 Å². The van der Waals surface area contributed by atoms with Crippen molar-refractivity contribution in [3.05, 3.63) is 157 Å². The van der Waals surface area contributed by atoms with E-state index >= 15 is 0 Å². The highest BCUT2D eigenvalue weighted by molar-refractivity contribution is 8.05. The summed E-state index contributed by atoms with van der Waals surface area (Å²) in [5.41, 5.74) is 12.7. The van der Waals surface area contributed by atoms with Gasteiger partial charge in [0.2, 0.25) is 0 Å². The van der Waals surface area contributed by atoms with Gasteiger partial charge in [0.05, 0.1) is 22.1 Å². The van der Waals surface area contributed by atoms with Crippen molar-refractivity contribution in [3.63, 3.8) is 0 Å². The van der Waals surface area contributed by atoms with Crippen LogP contribution in [0, 0.1) is 0 Å². The number of benzene rings is 7. The summed E-state index contributed by atoms with van der Waals surface area (Å²) in [6, 6.07) is 54.2. The molecule has 9 aromatic rings. The van der Waals surface area contributed by atoms with Crippen molar-refractivity contribution in [2.75, 3.05) is 0 Å². The monoisotopic (exact) mass is 662 g/mol. The Labute approximate surface area is 293 Å². The molecule has 0 amide bonds. The average molecular weight is 663 g/mol. The van der Waals surface area contributed by atoms with Gasteiger partial charge in [-0.1, -0.05) is 110 Å². The molecular formula is C45H30N2S2. The minimum atomic E-state index is -0.0710. The van der Waals surface area contributed by atoms with Crippen molar-refractivity contribution < 1.29 is 0 Å². The standard InChI is InChI=1S/C45H30N2S2/c1-45(2)35-21-19-27(23-32(35)33-25-43-44(26-36(33)45)49-42-18-10-9-17-41(42)48-43)47-39-16-8-5-13-31(39)34-24-28(20-22-40(34)47)46-37-14-6-3-11-29(37)30-12-4-7-15-38(30)46/h3-26H,1-2H3. The Hall–Kier alpha value is -5.16. The van der Waals surface area contributed by atoms with Gasteiger partial charge in [0, 0.05) is 57.9 Å². The van der Waals surface area contributed by atoms with Crippen molar-refractivity contribution in [1.82, 2.24) is 9.13 Å². The maximum atomic E-state index is 2.47. The Morgan fingerprint density at radius 3 is 1.49 bits per heavy atom. The third-order valence-corrected chi connectivity index (χ3v) is 13.3. The van der Waals surface area contributed by atoms with Crippen molar-refractivity contribution in [3.8, 4) is 22.5 Å². The van der Waals surface area contributed by atoms with Crippen molar-refractivity contribution in [1.29, 1.82) is 0 Å². The van der Waals surface area contributed by atoms with E-state index in [1.165, 1.54) is 96.8 Å². The summed E-state index contributed by atoms with van der Waals surface area (Å²) >= 11 is 3.81. The maximum Gasteiger partial charge on any atom is 0.0542 e. The van der Waals surface area contributed by atoms with Crippen LogP contribution in [0.3, 0.4) is 0 Å². The maximum absolute atomic E-state index is 2.47. The highest BCUT2D eigenvalue weighted by Gasteiger charge is 2.37. The molecule has 0 saturated carbocycles. The predicted octanol–water partition coefficient (Wildman–Crippen LogP) is 12.8. The van der Waals surface area contributed by atoms with Crippen molar-refractivity contribution in [2.45, 2.75) is 38.8 Å². The summed E-state index contributed by atoms with van der Waals surface area (Å²) in [6.45, 7) is 4.77. The molecule has 2 aromatic heterocycles. The summed E-state index contributed by atoms with van der Waals surface area (Å²) in [6.07, 6.45) is 0. The molecule has 2 nitrogen and oxygen atoms in total. The molecule has 7 aromatic carbocycles. The molecule has 0 bridgehead atoms. The van der Waals surface area contributed by atoms with Crippen molar-refractivity contribution in [2.24, 2.45) is 0 Å². The lowest BCUT2D eigenvalue weighted by Crippen LogP contribution is -2.15. The van der Waals surface area contributed by atoms with Gasteiger partial charge >= 0.3 is 0 Å². The Kier molecular flexibility index (Phi) is 5.63. The van der Waals surface area contributed by atoms with E-state index in [0.29, 0.717) is 0 Å². The van der Waals surface area contributed by atoms with E-state index in [4.69, 9.17) is 0 Å². The van der Waals surface area contributed by atoms with E-state index in [1.807, 2.05) is 23.5 Å². The minimum absolute atomic E-state index is 0.0710. The molecule has 2 aliphatic rings. The Morgan fingerprint density at radius 1 is 0.388 bits per heavy atom. The van der Waals surface area contributed by atoms with E-state index in [2.05, 4.69) is 169 Å². The molecule has 0 N–H and O–H groups in total. The van der Waals surface area contributed by atoms with Crippen LogP contribution in [0.1, 0.15) is 25.0 Å². The highest BCUT2D eigenvalue weighted by atomic mass is 32.2. The van der Waals surface area contributed by atoms with E-state index in [9.17, 15) is 0 Å². The fourth-order valence-electron chi connectivity index (χ4n) is 8.48. The van der Waals surface area contributed by atoms with Gasteiger partial charge in [0.1, 0.15) is 0 Å². The smallest absolute Gasteiger partial charge is 0.0542 e. The lowest BCUT2D eigenvalue weighted by atomic mass is 9.82. The molecule has 3 heterocycles. The number of para-hydroxylation sites is 3. The second kappa shape index (κ2) is 9.94. The molecule has 0 unspecified atom stereocenters. The quantitative estimate of drug-likeness (QED) is 0.182. The highest BCUT2D eigenvalue weighted by Crippen LogP contribution is 2.56. The minimum Gasteiger partial charge on any atom is -0.309 e. The normalized spacial score (nSPS) is 14.3. The van der Waals surface area contributed by atoms with E-state index in [1.54, 1.807) is 0 Å². The van der Waals surface area contributed by atoms with E-state index in [0.717, 1.165) is 0 Å². The van der Waals surface area contributed by atoms with Crippen LogP contribution in [-0.4, -0.2) is 9.13 Å². The fourth-order valence-corrected chi connectivity index (χ4v) is 10.8. The van der Waals surface area contributed by atoms with Gasteiger partial charge in [-0.15, -0.1) is 0 Å². The Morgan fingerprint density at radius 2 is 0.857 bits per heavy atom. The van der Waals surface area contributed by atoms with Crippen molar-refractivity contribution >= 4 is 67.1 Å². The van der Waals surface area contributed by atoms with Gasteiger partial charge in [-0.3, -0.25) is 0 Å². The van der Waals surface area contributed by atoms with Gasteiger partial charge in [0.15, 0.2) is 0 Å². The molecule has 1 aliphatic carbocycles. The summed E-state index contributed by atoms with van der Waals surface area (Å²) in [4.78, 5) is 5.41. The molecule has 0 fully saturated rings. The summed E-state index contributed by atoms with van der Waals surface area (Å²) < 4.78 is 4.88. The molecule has 0 radical (unpaired) electrons. The van der Waals surface area contributed by atoms with E-state index in [-0.39, 0.29) is 5.41 Å².